The van der Waals surface area contributed by atoms with E-state index in [9.17, 15) is 9.59 Å². The number of hydrogen-bond donors (Lipinski definition) is 1. The van der Waals surface area contributed by atoms with E-state index >= 15 is 0 Å². The number of para-hydroxylation sites is 1. The van der Waals surface area contributed by atoms with E-state index in [4.69, 9.17) is 5.10 Å². The van der Waals surface area contributed by atoms with Gasteiger partial charge in [0.05, 0.1) is 11.4 Å². The Labute approximate surface area is 198 Å². The van der Waals surface area contributed by atoms with Gasteiger partial charge in [-0.05, 0) is 55.8 Å². The lowest BCUT2D eigenvalue weighted by atomic mass is 9.92. The summed E-state index contributed by atoms with van der Waals surface area (Å²) in [6.45, 7) is 4.17. The molecule has 2 aliphatic rings. The standard InChI is InChI=1S/C26H30N4O2S/c1-18-10-7-8-13-21(18)30-24(31)22-16-20(23-14-9-15-33-23)28-29(22)17-26(30,2)25(32)27-19-11-5-3-4-6-12-19/h7-10,13-16,19H,3-6,11-12,17H2,1-2H3,(H,27,32)/t26-/m0/s1. The van der Waals surface area contributed by atoms with E-state index in [1.807, 2.05) is 61.7 Å². The number of fused-ring (bicyclic) bond motifs is 1. The van der Waals surface area contributed by atoms with Crippen molar-refractivity contribution in [1.82, 2.24) is 15.1 Å². The van der Waals surface area contributed by atoms with E-state index in [2.05, 4.69) is 5.32 Å². The molecule has 3 aromatic rings. The predicted molar refractivity (Wildman–Crippen MR) is 132 cm³/mol. The maximum absolute atomic E-state index is 13.9. The summed E-state index contributed by atoms with van der Waals surface area (Å²) >= 11 is 1.59. The van der Waals surface area contributed by atoms with E-state index in [0.717, 1.165) is 47.5 Å². The van der Waals surface area contributed by atoms with Crippen molar-refractivity contribution >= 4 is 28.8 Å². The topological polar surface area (TPSA) is 67.2 Å². The van der Waals surface area contributed by atoms with Crippen LogP contribution in [0.25, 0.3) is 10.6 Å². The van der Waals surface area contributed by atoms with Crippen molar-refractivity contribution in [3.63, 3.8) is 0 Å². The van der Waals surface area contributed by atoms with E-state index in [0.29, 0.717) is 12.2 Å². The van der Waals surface area contributed by atoms with Crippen LogP contribution < -0.4 is 10.2 Å². The van der Waals surface area contributed by atoms with Gasteiger partial charge in [-0.3, -0.25) is 19.2 Å². The third-order valence-corrected chi connectivity index (χ3v) is 7.86. The first-order chi connectivity index (χ1) is 16.0. The number of nitrogens with one attached hydrogen (secondary N) is 1. The molecular formula is C26H30N4O2S. The molecule has 0 bridgehead atoms. The summed E-state index contributed by atoms with van der Waals surface area (Å²) in [4.78, 5) is 30.5. The average Bonchev–Trinajstić information content (AvgIpc) is 3.40. The number of thiophene rings is 1. The van der Waals surface area contributed by atoms with Crippen LogP contribution in [0.1, 0.15) is 61.5 Å². The number of nitrogens with zero attached hydrogens (tertiary/aromatic N) is 3. The molecule has 2 amide bonds. The van der Waals surface area contributed by atoms with Crippen LogP contribution in [0.15, 0.2) is 47.8 Å². The number of amides is 2. The van der Waals surface area contributed by atoms with Gasteiger partial charge in [0.1, 0.15) is 16.9 Å². The van der Waals surface area contributed by atoms with Crippen LogP contribution in [-0.4, -0.2) is 33.2 Å². The fourth-order valence-corrected chi connectivity index (χ4v) is 5.76. The third kappa shape index (κ3) is 3.99. The number of rotatable bonds is 4. The Balaban J connectivity index is 1.56. The van der Waals surface area contributed by atoms with Gasteiger partial charge in [-0.25, -0.2) is 0 Å². The average molecular weight is 463 g/mol. The smallest absolute Gasteiger partial charge is 0.277 e. The van der Waals surface area contributed by atoms with Gasteiger partial charge in [0.15, 0.2) is 0 Å². The Hall–Kier alpha value is -2.93. The molecule has 5 rings (SSSR count). The highest BCUT2D eigenvalue weighted by molar-refractivity contribution is 7.13. The van der Waals surface area contributed by atoms with E-state index in [1.165, 1.54) is 12.8 Å². The summed E-state index contributed by atoms with van der Waals surface area (Å²) in [6.07, 6.45) is 6.70. The van der Waals surface area contributed by atoms with Crippen molar-refractivity contribution in [2.24, 2.45) is 0 Å². The molecule has 1 aromatic carbocycles. The summed E-state index contributed by atoms with van der Waals surface area (Å²) in [5.41, 5.74) is 1.94. The summed E-state index contributed by atoms with van der Waals surface area (Å²) in [6, 6.07) is 13.8. The monoisotopic (exact) mass is 462 g/mol. The molecule has 6 nitrogen and oxygen atoms in total. The molecule has 1 atom stereocenters. The number of carbonyl (C=O) groups excluding carboxylic acids is 2. The molecule has 2 aromatic heterocycles. The second-order valence-electron chi connectivity index (χ2n) is 9.41. The normalized spacial score (nSPS) is 21.5. The first-order valence-corrected chi connectivity index (χ1v) is 12.7. The number of anilines is 1. The van der Waals surface area contributed by atoms with Gasteiger partial charge < -0.3 is 5.32 Å². The molecule has 7 heteroatoms. The van der Waals surface area contributed by atoms with Crippen molar-refractivity contribution in [3.05, 3.63) is 59.1 Å². The second kappa shape index (κ2) is 8.78. The number of carbonyl (C=O) groups is 2. The molecule has 1 aliphatic carbocycles. The molecule has 1 fully saturated rings. The molecular weight excluding hydrogens is 432 g/mol. The molecule has 0 unspecified atom stereocenters. The largest absolute Gasteiger partial charge is 0.351 e. The maximum atomic E-state index is 13.9. The van der Waals surface area contributed by atoms with Crippen LogP contribution >= 0.6 is 11.3 Å². The van der Waals surface area contributed by atoms with Crippen LogP contribution in [0, 0.1) is 6.92 Å². The molecule has 1 saturated carbocycles. The van der Waals surface area contributed by atoms with Crippen LogP contribution in [0.5, 0.6) is 0 Å². The lowest BCUT2D eigenvalue weighted by molar-refractivity contribution is -0.127. The fourth-order valence-electron chi connectivity index (χ4n) is 5.08. The van der Waals surface area contributed by atoms with Crippen LogP contribution in [0.2, 0.25) is 0 Å². The lowest BCUT2D eigenvalue weighted by Crippen LogP contribution is -2.65. The zero-order valence-electron chi connectivity index (χ0n) is 19.2. The molecule has 0 spiro atoms. The Morgan fingerprint density at radius 3 is 2.58 bits per heavy atom. The van der Waals surface area contributed by atoms with Gasteiger partial charge in [0, 0.05) is 11.7 Å². The lowest BCUT2D eigenvalue weighted by Gasteiger charge is -2.44. The fraction of sp³-hybridized carbons (Fsp3) is 0.423. The van der Waals surface area contributed by atoms with Gasteiger partial charge in [0.25, 0.3) is 5.91 Å². The number of hydrogen-bond acceptors (Lipinski definition) is 4. The molecule has 1 N–H and O–H groups in total. The first kappa shape index (κ1) is 21.9. The second-order valence-corrected chi connectivity index (χ2v) is 10.4. The molecule has 172 valence electrons. The van der Waals surface area contributed by atoms with E-state index in [-0.39, 0.29) is 17.9 Å². The zero-order chi connectivity index (χ0) is 23.0. The Morgan fingerprint density at radius 2 is 1.88 bits per heavy atom. The van der Waals surface area contributed by atoms with Crippen LogP contribution in [-0.2, 0) is 11.3 Å². The van der Waals surface area contributed by atoms with Gasteiger partial charge in [-0.2, -0.15) is 5.10 Å². The number of aryl methyl sites for hydroxylation is 1. The van der Waals surface area contributed by atoms with Gasteiger partial charge in [-0.1, -0.05) is 49.9 Å². The first-order valence-electron chi connectivity index (χ1n) is 11.8. The zero-order valence-corrected chi connectivity index (χ0v) is 20.0. The molecule has 1 aliphatic heterocycles. The third-order valence-electron chi connectivity index (χ3n) is 6.96. The predicted octanol–water partition coefficient (Wildman–Crippen LogP) is 5.18. The summed E-state index contributed by atoms with van der Waals surface area (Å²) in [5.74, 6) is -0.297. The Kier molecular flexibility index (Phi) is 5.83. The molecule has 0 radical (unpaired) electrons. The van der Waals surface area contributed by atoms with E-state index < -0.39 is 5.54 Å². The minimum absolute atomic E-state index is 0.107. The van der Waals surface area contributed by atoms with Crippen molar-refractivity contribution < 1.29 is 9.59 Å². The van der Waals surface area contributed by atoms with Gasteiger partial charge in [0.2, 0.25) is 5.91 Å². The Morgan fingerprint density at radius 1 is 1.12 bits per heavy atom. The number of benzene rings is 1. The van der Waals surface area contributed by atoms with E-state index in [1.54, 1.807) is 20.9 Å². The van der Waals surface area contributed by atoms with Crippen molar-refractivity contribution in [2.75, 3.05) is 4.90 Å². The van der Waals surface area contributed by atoms with Gasteiger partial charge >= 0.3 is 0 Å². The van der Waals surface area contributed by atoms with Crippen molar-refractivity contribution in [1.29, 1.82) is 0 Å². The van der Waals surface area contributed by atoms with Crippen LogP contribution in [0.3, 0.4) is 0 Å². The molecule has 33 heavy (non-hydrogen) atoms. The van der Waals surface area contributed by atoms with Crippen LogP contribution in [0.4, 0.5) is 5.69 Å². The molecule has 3 heterocycles. The summed E-state index contributed by atoms with van der Waals surface area (Å²) in [7, 11) is 0. The summed E-state index contributed by atoms with van der Waals surface area (Å²) < 4.78 is 1.72. The highest BCUT2D eigenvalue weighted by atomic mass is 32.1. The maximum Gasteiger partial charge on any atom is 0.277 e. The SMILES string of the molecule is Cc1ccccc1N1C(=O)c2cc(-c3cccs3)nn2C[C@@]1(C)C(=O)NC1CCCCCC1. The van der Waals surface area contributed by atoms with Crippen molar-refractivity contribution in [3.8, 4) is 10.6 Å². The summed E-state index contributed by atoms with van der Waals surface area (Å²) in [5, 5.41) is 10.0. The number of aromatic nitrogens is 2. The quantitative estimate of drug-likeness (QED) is 0.544. The van der Waals surface area contributed by atoms with Gasteiger partial charge in [-0.15, -0.1) is 11.3 Å². The highest BCUT2D eigenvalue weighted by Gasteiger charge is 2.49. The van der Waals surface area contributed by atoms with Crippen molar-refractivity contribution in [2.45, 2.75) is 70.5 Å². The minimum Gasteiger partial charge on any atom is -0.351 e. The highest BCUT2D eigenvalue weighted by Crippen LogP contribution is 2.36. The minimum atomic E-state index is -1.08. The Bertz CT molecular complexity index is 1160. The molecule has 0 saturated heterocycles.